The maximum absolute atomic E-state index is 12.2. The predicted octanol–water partition coefficient (Wildman–Crippen LogP) is 1.23. The molecule has 0 aliphatic carbocycles. The smallest absolute Gasteiger partial charge is 0.274 e. The highest BCUT2D eigenvalue weighted by Crippen LogP contribution is 2.18. The van der Waals surface area contributed by atoms with Crippen molar-refractivity contribution >= 4 is 23.4 Å². The third-order valence-electron chi connectivity index (χ3n) is 2.65. The molecule has 2 N–H and O–H groups in total. The molecular formula is C11H20N4OS. The standard InChI is InChI=1S/C11H20N4OS/c1-5-15-10(9(12)8(2)13-15)11(16)14(3)6-7-17-4/h5-7,12H2,1-4H3. The molecule has 0 bridgehead atoms. The van der Waals surface area contributed by atoms with Crippen LogP contribution in [0.15, 0.2) is 0 Å². The molecule has 5 nitrogen and oxygen atoms in total. The van der Waals surface area contributed by atoms with Gasteiger partial charge in [0.2, 0.25) is 0 Å². The zero-order valence-corrected chi connectivity index (χ0v) is 11.7. The zero-order valence-electron chi connectivity index (χ0n) is 10.9. The molecular weight excluding hydrogens is 236 g/mol. The van der Waals surface area contributed by atoms with E-state index >= 15 is 0 Å². The van der Waals surface area contributed by atoms with Crippen molar-refractivity contribution in [2.45, 2.75) is 20.4 Å². The first kappa shape index (κ1) is 13.9. The molecule has 0 spiro atoms. The minimum Gasteiger partial charge on any atom is -0.395 e. The summed E-state index contributed by atoms with van der Waals surface area (Å²) in [6, 6.07) is 0. The number of amides is 1. The first-order chi connectivity index (χ1) is 8.02. The van der Waals surface area contributed by atoms with Crippen molar-refractivity contribution in [2.24, 2.45) is 0 Å². The van der Waals surface area contributed by atoms with Crippen LogP contribution < -0.4 is 5.73 Å². The van der Waals surface area contributed by atoms with Gasteiger partial charge in [-0.05, 0) is 20.1 Å². The van der Waals surface area contributed by atoms with Crippen molar-refractivity contribution in [1.29, 1.82) is 0 Å². The normalized spacial score (nSPS) is 10.6. The molecule has 0 aliphatic rings. The second-order valence-corrected chi connectivity index (χ2v) is 4.87. The van der Waals surface area contributed by atoms with Gasteiger partial charge in [-0.3, -0.25) is 9.48 Å². The van der Waals surface area contributed by atoms with Gasteiger partial charge in [-0.2, -0.15) is 16.9 Å². The van der Waals surface area contributed by atoms with Gasteiger partial charge in [0.15, 0.2) is 0 Å². The third kappa shape index (κ3) is 2.94. The van der Waals surface area contributed by atoms with Crippen molar-refractivity contribution in [3.05, 3.63) is 11.4 Å². The van der Waals surface area contributed by atoms with E-state index in [0.717, 1.165) is 5.75 Å². The monoisotopic (exact) mass is 256 g/mol. The Morgan fingerprint density at radius 1 is 1.59 bits per heavy atom. The van der Waals surface area contributed by atoms with Crippen LogP contribution >= 0.6 is 11.8 Å². The van der Waals surface area contributed by atoms with Crippen LogP contribution in [0.25, 0.3) is 0 Å². The number of rotatable bonds is 5. The van der Waals surface area contributed by atoms with E-state index in [1.165, 1.54) is 0 Å². The molecule has 1 heterocycles. The maximum atomic E-state index is 12.2. The number of nitrogen functional groups attached to an aromatic ring is 1. The van der Waals surface area contributed by atoms with Crippen LogP contribution in [-0.4, -0.2) is 46.2 Å². The van der Waals surface area contributed by atoms with Crippen LogP contribution in [0.3, 0.4) is 0 Å². The van der Waals surface area contributed by atoms with Gasteiger partial charge in [0.25, 0.3) is 5.91 Å². The molecule has 0 atom stereocenters. The zero-order chi connectivity index (χ0) is 13.0. The Morgan fingerprint density at radius 2 is 2.24 bits per heavy atom. The van der Waals surface area contributed by atoms with Gasteiger partial charge >= 0.3 is 0 Å². The summed E-state index contributed by atoms with van der Waals surface area (Å²) in [7, 11) is 1.79. The summed E-state index contributed by atoms with van der Waals surface area (Å²) in [4.78, 5) is 13.9. The van der Waals surface area contributed by atoms with E-state index in [2.05, 4.69) is 5.10 Å². The molecule has 17 heavy (non-hydrogen) atoms. The first-order valence-corrected chi connectivity index (χ1v) is 6.99. The summed E-state index contributed by atoms with van der Waals surface area (Å²) >= 11 is 1.71. The fourth-order valence-corrected chi connectivity index (χ4v) is 2.02. The lowest BCUT2D eigenvalue weighted by molar-refractivity contribution is 0.0792. The number of aromatic nitrogens is 2. The average Bonchev–Trinajstić information content (AvgIpc) is 2.61. The average molecular weight is 256 g/mol. The number of carbonyl (C=O) groups is 1. The summed E-state index contributed by atoms with van der Waals surface area (Å²) in [6.07, 6.45) is 2.02. The van der Waals surface area contributed by atoms with Crippen LogP contribution in [0, 0.1) is 6.92 Å². The number of carbonyl (C=O) groups excluding carboxylic acids is 1. The molecule has 1 aromatic heterocycles. The van der Waals surface area contributed by atoms with Crippen LogP contribution in [0.2, 0.25) is 0 Å². The number of hydrogen-bond acceptors (Lipinski definition) is 4. The summed E-state index contributed by atoms with van der Waals surface area (Å²) < 4.78 is 1.67. The van der Waals surface area contributed by atoms with Gasteiger partial charge in [-0.1, -0.05) is 0 Å². The second kappa shape index (κ2) is 5.95. The Balaban J connectivity index is 2.95. The number of nitrogens with two attached hydrogens (primary N) is 1. The Hall–Kier alpha value is -1.17. The van der Waals surface area contributed by atoms with Crippen LogP contribution in [0.5, 0.6) is 0 Å². The summed E-state index contributed by atoms with van der Waals surface area (Å²) in [6.45, 7) is 5.13. The highest BCUT2D eigenvalue weighted by atomic mass is 32.2. The Kier molecular flexibility index (Phi) is 4.86. The third-order valence-corrected chi connectivity index (χ3v) is 3.24. The van der Waals surface area contributed by atoms with E-state index < -0.39 is 0 Å². The quantitative estimate of drug-likeness (QED) is 0.860. The maximum Gasteiger partial charge on any atom is 0.274 e. The molecule has 1 amide bonds. The molecule has 0 fully saturated rings. The van der Waals surface area contributed by atoms with E-state index in [1.54, 1.807) is 28.4 Å². The van der Waals surface area contributed by atoms with Crippen molar-refractivity contribution in [3.8, 4) is 0 Å². The van der Waals surface area contributed by atoms with Gasteiger partial charge in [0.1, 0.15) is 5.69 Å². The minimum absolute atomic E-state index is 0.0565. The number of aryl methyl sites for hydroxylation is 2. The highest BCUT2D eigenvalue weighted by molar-refractivity contribution is 7.98. The van der Waals surface area contributed by atoms with Gasteiger partial charge in [-0.25, -0.2) is 0 Å². The molecule has 0 aliphatic heterocycles. The van der Waals surface area contributed by atoms with E-state index in [0.29, 0.717) is 30.2 Å². The molecule has 1 aromatic rings. The Labute approximate surface area is 106 Å². The van der Waals surface area contributed by atoms with Crippen molar-refractivity contribution < 1.29 is 4.79 Å². The lowest BCUT2D eigenvalue weighted by atomic mass is 10.2. The SMILES string of the molecule is CCn1nc(C)c(N)c1C(=O)N(C)CCSC. The molecule has 1 rings (SSSR count). The molecule has 0 saturated heterocycles. The van der Waals surface area contributed by atoms with Gasteiger partial charge in [-0.15, -0.1) is 0 Å². The molecule has 0 radical (unpaired) electrons. The molecule has 6 heteroatoms. The Morgan fingerprint density at radius 3 is 2.76 bits per heavy atom. The number of hydrogen-bond donors (Lipinski definition) is 1. The minimum atomic E-state index is -0.0565. The van der Waals surface area contributed by atoms with Gasteiger partial charge in [0.05, 0.1) is 11.4 Å². The number of anilines is 1. The lowest BCUT2D eigenvalue weighted by Gasteiger charge is -2.17. The van der Waals surface area contributed by atoms with E-state index in [4.69, 9.17) is 5.73 Å². The molecule has 0 aromatic carbocycles. The van der Waals surface area contributed by atoms with Crippen LogP contribution in [-0.2, 0) is 6.54 Å². The fourth-order valence-electron chi connectivity index (χ4n) is 1.56. The van der Waals surface area contributed by atoms with Gasteiger partial charge in [0, 0.05) is 25.9 Å². The first-order valence-electron chi connectivity index (χ1n) is 5.60. The number of thioether (sulfide) groups is 1. The summed E-state index contributed by atoms with van der Waals surface area (Å²) in [5.41, 5.74) is 7.63. The van der Waals surface area contributed by atoms with E-state index in [1.807, 2.05) is 20.1 Å². The topological polar surface area (TPSA) is 64.2 Å². The van der Waals surface area contributed by atoms with E-state index in [9.17, 15) is 4.79 Å². The largest absolute Gasteiger partial charge is 0.395 e. The number of nitrogens with zero attached hydrogens (tertiary/aromatic N) is 3. The van der Waals surface area contributed by atoms with Crippen LogP contribution in [0.1, 0.15) is 23.1 Å². The Bertz CT molecular complexity index is 402. The highest BCUT2D eigenvalue weighted by Gasteiger charge is 2.21. The van der Waals surface area contributed by atoms with Gasteiger partial charge < -0.3 is 10.6 Å². The summed E-state index contributed by atoms with van der Waals surface area (Å²) in [5, 5.41) is 4.25. The summed E-state index contributed by atoms with van der Waals surface area (Å²) in [5.74, 6) is 0.862. The van der Waals surface area contributed by atoms with Crippen molar-refractivity contribution in [2.75, 3.05) is 31.3 Å². The van der Waals surface area contributed by atoms with Crippen molar-refractivity contribution in [3.63, 3.8) is 0 Å². The molecule has 0 unspecified atom stereocenters. The second-order valence-electron chi connectivity index (χ2n) is 3.88. The fraction of sp³-hybridized carbons (Fsp3) is 0.636. The lowest BCUT2D eigenvalue weighted by Crippen LogP contribution is -2.31. The molecule has 0 saturated carbocycles. The van der Waals surface area contributed by atoms with Crippen molar-refractivity contribution in [1.82, 2.24) is 14.7 Å². The predicted molar refractivity (Wildman–Crippen MR) is 72.4 cm³/mol. The molecule has 96 valence electrons. The van der Waals surface area contributed by atoms with E-state index in [-0.39, 0.29) is 5.91 Å². The van der Waals surface area contributed by atoms with Crippen LogP contribution in [0.4, 0.5) is 5.69 Å².